The van der Waals surface area contributed by atoms with Gasteiger partial charge in [-0.1, -0.05) is 54.6 Å². The van der Waals surface area contributed by atoms with Gasteiger partial charge in [-0.25, -0.2) is 9.59 Å². The zero-order valence-electron chi connectivity index (χ0n) is 19.2. The third-order valence-corrected chi connectivity index (χ3v) is 5.96. The lowest BCUT2D eigenvalue weighted by atomic mass is 9.98. The predicted octanol–water partition coefficient (Wildman–Crippen LogP) is 3.93. The molecule has 1 aliphatic carbocycles. The van der Waals surface area contributed by atoms with E-state index >= 15 is 0 Å². The lowest BCUT2D eigenvalue weighted by molar-refractivity contribution is -0.118. The Bertz CT molecular complexity index is 1240. The summed E-state index contributed by atoms with van der Waals surface area (Å²) in [6, 6.07) is 16.4. The van der Waals surface area contributed by atoms with Crippen molar-refractivity contribution in [1.29, 1.82) is 0 Å². The number of fused-ring (bicyclic) bond motifs is 3. The average Bonchev–Trinajstić information content (AvgIpc) is 3.38. The van der Waals surface area contributed by atoms with Crippen molar-refractivity contribution < 1.29 is 24.2 Å². The molecule has 180 valence electrons. The zero-order valence-corrected chi connectivity index (χ0v) is 19.2. The highest BCUT2D eigenvalue weighted by Crippen LogP contribution is 2.44. The third kappa shape index (κ3) is 5.08. The largest absolute Gasteiger partial charge is 0.476 e. The van der Waals surface area contributed by atoms with Crippen LogP contribution in [-0.2, 0) is 16.6 Å². The van der Waals surface area contributed by atoms with Crippen molar-refractivity contribution in [2.24, 2.45) is 7.05 Å². The Labute approximate surface area is 202 Å². The first-order valence-electron chi connectivity index (χ1n) is 11.2. The number of ether oxygens (including phenoxy) is 1. The van der Waals surface area contributed by atoms with Gasteiger partial charge in [0.25, 0.3) is 0 Å². The van der Waals surface area contributed by atoms with Crippen molar-refractivity contribution >= 4 is 23.8 Å². The van der Waals surface area contributed by atoms with Gasteiger partial charge in [-0.3, -0.25) is 9.48 Å². The minimum Gasteiger partial charge on any atom is -0.476 e. The standard InChI is InChI=1S/C26H26N4O5/c1-3-4-13-21(24(31)28-23-14-22(25(32)33)29-30(23)2)27-26(34)35-15-20-18-11-7-5-9-16(18)17-10-6-8-12-19(17)20/h3,5-12,14,20-21H,1,4,13,15H2,2H3,(H,27,34)(H,28,31)(H,32,33). The van der Waals surface area contributed by atoms with E-state index in [1.165, 1.54) is 17.8 Å². The van der Waals surface area contributed by atoms with Crippen molar-refractivity contribution in [3.8, 4) is 11.1 Å². The van der Waals surface area contributed by atoms with Gasteiger partial charge in [-0.15, -0.1) is 6.58 Å². The van der Waals surface area contributed by atoms with E-state index in [0.29, 0.717) is 12.8 Å². The number of nitrogens with zero attached hydrogens (tertiary/aromatic N) is 2. The second-order valence-electron chi connectivity index (χ2n) is 8.22. The van der Waals surface area contributed by atoms with Crippen LogP contribution < -0.4 is 10.6 Å². The van der Waals surface area contributed by atoms with Crippen molar-refractivity contribution in [1.82, 2.24) is 15.1 Å². The molecule has 1 atom stereocenters. The molecule has 0 bridgehead atoms. The molecule has 1 aliphatic rings. The molecule has 1 heterocycles. The van der Waals surface area contributed by atoms with Crippen LogP contribution in [0.3, 0.4) is 0 Å². The SMILES string of the molecule is C=CCCC(NC(=O)OCC1c2ccccc2-c2ccccc21)C(=O)Nc1cc(C(=O)O)nn1C. The Morgan fingerprint density at radius 2 is 1.77 bits per heavy atom. The smallest absolute Gasteiger partial charge is 0.407 e. The molecule has 1 unspecified atom stereocenters. The topological polar surface area (TPSA) is 123 Å². The summed E-state index contributed by atoms with van der Waals surface area (Å²) >= 11 is 0. The van der Waals surface area contributed by atoms with Gasteiger partial charge < -0.3 is 20.5 Å². The van der Waals surface area contributed by atoms with E-state index in [0.717, 1.165) is 22.3 Å². The first kappa shape index (κ1) is 23.7. The molecule has 3 N–H and O–H groups in total. The Morgan fingerprint density at radius 3 is 2.34 bits per heavy atom. The fourth-order valence-electron chi connectivity index (χ4n) is 4.24. The van der Waals surface area contributed by atoms with Crippen molar-refractivity contribution in [3.63, 3.8) is 0 Å². The Morgan fingerprint density at radius 1 is 1.14 bits per heavy atom. The number of alkyl carbamates (subject to hydrolysis) is 1. The number of carboxylic acids is 1. The number of benzene rings is 2. The van der Waals surface area contributed by atoms with Crippen LogP contribution in [0.25, 0.3) is 11.1 Å². The molecule has 2 aromatic carbocycles. The summed E-state index contributed by atoms with van der Waals surface area (Å²) in [6.45, 7) is 3.79. The average molecular weight is 475 g/mol. The third-order valence-electron chi connectivity index (χ3n) is 5.96. The lowest BCUT2D eigenvalue weighted by Crippen LogP contribution is -2.44. The molecule has 0 spiro atoms. The molecule has 35 heavy (non-hydrogen) atoms. The number of carbonyl (C=O) groups excluding carboxylic acids is 2. The first-order valence-corrected chi connectivity index (χ1v) is 11.2. The van der Waals surface area contributed by atoms with Crippen LogP contribution in [-0.4, -0.2) is 45.5 Å². The van der Waals surface area contributed by atoms with Crippen LogP contribution in [0.4, 0.5) is 10.6 Å². The second-order valence-corrected chi connectivity index (χ2v) is 8.22. The number of carbonyl (C=O) groups is 3. The normalized spacial score (nSPS) is 12.8. The minimum absolute atomic E-state index is 0.0996. The predicted molar refractivity (Wildman–Crippen MR) is 130 cm³/mol. The number of carboxylic acid groups (broad SMARTS) is 1. The van der Waals surface area contributed by atoms with E-state index in [1.54, 1.807) is 6.08 Å². The fraction of sp³-hybridized carbons (Fsp3) is 0.231. The van der Waals surface area contributed by atoms with Crippen LogP contribution in [0.5, 0.6) is 0 Å². The molecule has 3 aromatic rings. The van der Waals surface area contributed by atoms with Crippen molar-refractivity contribution in [3.05, 3.63) is 84.1 Å². The highest BCUT2D eigenvalue weighted by Gasteiger charge is 2.30. The molecular formula is C26H26N4O5. The maximum absolute atomic E-state index is 12.9. The molecule has 0 saturated carbocycles. The number of amides is 2. The summed E-state index contributed by atoms with van der Waals surface area (Å²) in [4.78, 5) is 36.7. The summed E-state index contributed by atoms with van der Waals surface area (Å²) in [5.41, 5.74) is 4.23. The number of aromatic carboxylic acids is 1. The summed E-state index contributed by atoms with van der Waals surface area (Å²) < 4.78 is 6.81. The number of rotatable bonds is 9. The summed E-state index contributed by atoms with van der Waals surface area (Å²) in [7, 11) is 1.51. The van der Waals surface area contributed by atoms with E-state index in [9.17, 15) is 14.4 Å². The Hall–Kier alpha value is -4.40. The summed E-state index contributed by atoms with van der Waals surface area (Å²) in [5.74, 6) is -1.62. The van der Waals surface area contributed by atoms with Crippen LogP contribution in [0.15, 0.2) is 67.3 Å². The summed E-state index contributed by atoms with van der Waals surface area (Å²) in [5, 5.41) is 18.2. The number of hydrogen-bond acceptors (Lipinski definition) is 5. The Balaban J connectivity index is 1.42. The lowest BCUT2D eigenvalue weighted by Gasteiger charge is -2.19. The molecule has 1 aromatic heterocycles. The van der Waals surface area contributed by atoms with E-state index < -0.39 is 24.0 Å². The van der Waals surface area contributed by atoms with E-state index in [4.69, 9.17) is 9.84 Å². The first-order chi connectivity index (χ1) is 16.9. The maximum Gasteiger partial charge on any atom is 0.407 e. The molecule has 0 radical (unpaired) electrons. The van der Waals surface area contributed by atoms with Gasteiger partial charge in [0.15, 0.2) is 5.69 Å². The number of hydrogen-bond donors (Lipinski definition) is 3. The van der Waals surface area contributed by atoms with Gasteiger partial charge in [-0.05, 0) is 35.1 Å². The quantitative estimate of drug-likeness (QED) is 0.404. The fourth-order valence-corrected chi connectivity index (χ4v) is 4.24. The van der Waals surface area contributed by atoms with Gasteiger partial charge in [0.1, 0.15) is 18.5 Å². The molecule has 2 amide bonds. The van der Waals surface area contributed by atoms with Crippen LogP contribution >= 0.6 is 0 Å². The van der Waals surface area contributed by atoms with Crippen molar-refractivity contribution in [2.45, 2.75) is 24.8 Å². The van der Waals surface area contributed by atoms with E-state index in [-0.39, 0.29) is 24.0 Å². The van der Waals surface area contributed by atoms with Crippen molar-refractivity contribution in [2.75, 3.05) is 11.9 Å². The van der Waals surface area contributed by atoms with E-state index in [2.05, 4.69) is 34.4 Å². The van der Waals surface area contributed by atoms with Crippen LogP contribution in [0, 0.1) is 0 Å². The highest BCUT2D eigenvalue weighted by atomic mass is 16.5. The molecule has 0 saturated heterocycles. The number of aromatic nitrogens is 2. The molecular weight excluding hydrogens is 448 g/mol. The molecule has 9 heteroatoms. The molecule has 0 aliphatic heterocycles. The molecule has 4 rings (SSSR count). The Kier molecular flexibility index (Phi) is 6.96. The van der Waals surface area contributed by atoms with E-state index in [1.807, 2.05) is 36.4 Å². The number of nitrogens with one attached hydrogen (secondary N) is 2. The van der Waals surface area contributed by atoms with Gasteiger partial charge in [0.05, 0.1) is 0 Å². The molecule has 9 nitrogen and oxygen atoms in total. The number of allylic oxidation sites excluding steroid dienone is 1. The van der Waals surface area contributed by atoms with Gasteiger partial charge in [-0.2, -0.15) is 5.10 Å². The van der Waals surface area contributed by atoms with Crippen LogP contribution in [0.1, 0.15) is 40.4 Å². The van der Waals surface area contributed by atoms with Gasteiger partial charge in [0.2, 0.25) is 5.91 Å². The van der Waals surface area contributed by atoms with Crippen LogP contribution in [0.2, 0.25) is 0 Å². The van der Waals surface area contributed by atoms with Gasteiger partial charge in [0, 0.05) is 19.0 Å². The monoisotopic (exact) mass is 474 g/mol. The number of anilines is 1. The van der Waals surface area contributed by atoms with Gasteiger partial charge >= 0.3 is 12.1 Å². The number of aryl methyl sites for hydroxylation is 1. The maximum atomic E-state index is 12.9. The summed E-state index contributed by atoms with van der Waals surface area (Å²) in [6.07, 6.45) is 1.70. The molecule has 0 fully saturated rings. The zero-order chi connectivity index (χ0) is 24.9. The minimum atomic E-state index is -1.21. The second kappa shape index (κ2) is 10.3. The highest BCUT2D eigenvalue weighted by molar-refractivity contribution is 5.97.